The highest BCUT2D eigenvalue weighted by atomic mass is 16.5. The fourth-order valence-electron chi connectivity index (χ4n) is 1.53. The van der Waals surface area contributed by atoms with E-state index in [1.807, 2.05) is 12.1 Å². The molecule has 0 unspecified atom stereocenters. The van der Waals surface area contributed by atoms with Crippen molar-refractivity contribution in [3.05, 3.63) is 18.2 Å². The van der Waals surface area contributed by atoms with Crippen molar-refractivity contribution in [3.8, 4) is 5.75 Å². The molecular weight excluding hydrogens is 192 g/mol. The molecule has 15 heavy (non-hydrogen) atoms. The minimum absolute atomic E-state index is 0.143. The number of aliphatic hydroxyl groups is 1. The first-order valence-corrected chi connectivity index (χ1v) is 5.02. The van der Waals surface area contributed by atoms with E-state index < -0.39 is 0 Å². The molecule has 0 atom stereocenters. The van der Waals surface area contributed by atoms with Crippen LogP contribution >= 0.6 is 0 Å². The molecule has 82 valence electrons. The fourth-order valence-corrected chi connectivity index (χ4v) is 1.53. The van der Waals surface area contributed by atoms with E-state index in [9.17, 15) is 5.11 Å². The maximum absolute atomic E-state index is 9.20. The number of nitrogens with one attached hydrogen (secondary N) is 1. The van der Waals surface area contributed by atoms with Gasteiger partial charge in [0.2, 0.25) is 0 Å². The zero-order chi connectivity index (χ0) is 10.9. The Morgan fingerprint density at radius 3 is 2.80 bits per heavy atom. The summed E-state index contributed by atoms with van der Waals surface area (Å²) in [7, 11) is 1.62. The van der Waals surface area contributed by atoms with Crippen molar-refractivity contribution >= 4 is 11.4 Å². The molecule has 1 aromatic carbocycles. The number of hydrogen-bond acceptors (Lipinski definition) is 4. The van der Waals surface area contributed by atoms with Crippen LogP contribution in [0.4, 0.5) is 11.4 Å². The van der Waals surface area contributed by atoms with Crippen LogP contribution in [0.3, 0.4) is 0 Å². The second-order valence-corrected chi connectivity index (χ2v) is 4.02. The van der Waals surface area contributed by atoms with E-state index in [2.05, 4.69) is 5.32 Å². The lowest BCUT2D eigenvalue weighted by atomic mass is 10.2. The van der Waals surface area contributed by atoms with Gasteiger partial charge in [0.15, 0.2) is 0 Å². The van der Waals surface area contributed by atoms with Crippen molar-refractivity contribution in [2.24, 2.45) is 0 Å². The summed E-state index contributed by atoms with van der Waals surface area (Å²) in [6, 6.07) is 5.47. The number of hydrogen-bond donors (Lipinski definition) is 3. The standard InChI is InChI=1S/C11H16N2O2/c1-15-8-2-3-9(12)10(6-8)13-11(7-14)4-5-11/h2-3,6,13-14H,4-5,7,12H2,1H3. The van der Waals surface area contributed by atoms with E-state index >= 15 is 0 Å². The molecule has 0 heterocycles. The first-order chi connectivity index (χ1) is 7.19. The number of nitrogen functional groups attached to an aromatic ring is 1. The van der Waals surface area contributed by atoms with Gasteiger partial charge in [-0.2, -0.15) is 0 Å². The summed E-state index contributed by atoms with van der Waals surface area (Å²) in [6.45, 7) is 0.143. The SMILES string of the molecule is COc1ccc(N)c(NC2(CO)CC2)c1. The summed E-state index contributed by atoms with van der Waals surface area (Å²) in [5.41, 5.74) is 7.19. The Hall–Kier alpha value is -1.42. The van der Waals surface area contributed by atoms with Crippen LogP contribution in [-0.2, 0) is 0 Å². The third-order valence-electron chi connectivity index (χ3n) is 2.82. The second-order valence-electron chi connectivity index (χ2n) is 4.02. The highest BCUT2D eigenvalue weighted by molar-refractivity contribution is 5.69. The molecule has 1 aliphatic carbocycles. The monoisotopic (exact) mass is 208 g/mol. The molecule has 0 saturated heterocycles. The van der Waals surface area contributed by atoms with Gasteiger partial charge in [-0.25, -0.2) is 0 Å². The maximum atomic E-state index is 9.20. The summed E-state index contributed by atoms with van der Waals surface area (Å²) in [6.07, 6.45) is 1.97. The lowest BCUT2D eigenvalue weighted by Crippen LogP contribution is -2.26. The molecule has 0 aliphatic heterocycles. The number of anilines is 2. The van der Waals surface area contributed by atoms with Gasteiger partial charge in [0.25, 0.3) is 0 Å². The number of rotatable bonds is 4. The van der Waals surface area contributed by atoms with Crippen molar-refractivity contribution in [2.75, 3.05) is 24.8 Å². The third-order valence-corrected chi connectivity index (χ3v) is 2.82. The van der Waals surface area contributed by atoms with E-state index in [-0.39, 0.29) is 12.1 Å². The lowest BCUT2D eigenvalue weighted by molar-refractivity contribution is 0.266. The van der Waals surface area contributed by atoms with Gasteiger partial charge in [0.05, 0.1) is 30.6 Å². The summed E-state index contributed by atoms with van der Waals surface area (Å²) in [5, 5.41) is 12.5. The van der Waals surface area contributed by atoms with E-state index in [0.29, 0.717) is 5.69 Å². The summed E-state index contributed by atoms with van der Waals surface area (Å²) in [5.74, 6) is 0.764. The molecule has 0 spiro atoms. The Balaban J connectivity index is 2.19. The van der Waals surface area contributed by atoms with Gasteiger partial charge in [-0.1, -0.05) is 0 Å². The third kappa shape index (κ3) is 1.99. The molecule has 1 saturated carbocycles. The quantitative estimate of drug-likeness (QED) is 0.651. The molecule has 0 bridgehead atoms. The number of ether oxygens (including phenoxy) is 1. The van der Waals surface area contributed by atoms with Crippen molar-refractivity contribution in [1.82, 2.24) is 0 Å². The Kier molecular flexibility index (Phi) is 2.44. The van der Waals surface area contributed by atoms with Crippen LogP contribution in [0.15, 0.2) is 18.2 Å². The highest BCUT2D eigenvalue weighted by Crippen LogP contribution is 2.40. The lowest BCUT2D eigenvalue weighted by Gasteiger charge is -2.18. The zero-order valence-electron chi connectivity index (χ0n) is 8.79. The first-order valence-electron chi connectivity index (χ1n) is 5.02. The van der Waals surface area contributed by atoms with Crippen molar-refractivity contribution < 1.29 is 9.84 Å². The largest absolute Gasteiger partial charge is 0.497 e. The molecule has 1 fully saturated rings. The van der Waals surface area contributed by atoms with E-state index in [1.54, 1.807) is 13.2 Å². The normalized spacial score (nSPS) is 17.2. The predicted molar refractivity (Wildman–Crippen MR) is 60.1 cm³/mol. The average molecular weight is 208 g/mol. The molecule has 4 heteroatoms. The molecule has 0 radical (unpaired) electrons. The number of benzene rings is 1. The predicted octanol–water partition coefficient (Wildman–Crippen LogP) is 1.21. The minimum atomic E-state index is -0.152. The minimum Gasteiger partial charge on any atom is -0.497 e. The Bertz CT molecular complexity index is 362. The van der Waals surface area contributed by atoms with Gasteiger partial charge in [-0.15, -0.1) is 0 Å². The second kappa shape index (κ2) is 3.62. The van der Waals surface area contributed by atoms with Crippen molar-refractivity contribution in [3.63, 3.8) is 0 Å². The van der Waals surface area contributed by atoms with Crippen molar-refractivity contribution in [1.29, 1.82) is 0 Å². The maximum Gasteiger partial charge on any atom is 0.121 e. The van der Waals surface area contributed by atoms with Gasteiger partial charge in [-0.05, 0) is 25.0 Å². The van der Waals surface area contributed by atoms with Crippen LogP contribution in [0.2, 0.25) is 0 Å². The Morgan fingerprint density at radius 1 is 1.53 bits per heavy atom. The smallest absolute Gasteiger partial charge is 0.121 e. The average Bonchev–Trinajstić information content (AvgIpc) is 3.02. The van der Waals surface area contributed by atoms with E-state index in [1.165, 1.54) is 0 Å². The van der Waals surface area contributed by atoms with Gasteiger partial charge >= 0.3 is 0 Å². The summed E-state index contributed by atoms with van der Waals surface area (Å²) >= 11 is 0. The number of aliphatic hydroxyl groups excluding tert-OH is 1. The number of nitrogens with two attached hydrogens (primary N) is 1. The fraction of sp³-hybridized carbons (Fsp3) is 0.455. The molecular formula is C11H16N2O2. The van der Waals surface area contributed by atoms with Crippen LogP contribution in [0.25, 0.3) is 0 Å². The highest BCUT2D eigenvalue weighted by Gasteiger charge is 2.42. The van der Waals surface area contributed by atoms with Gasteiger partial charge < -0.3 is 20.9 Å². The molecule has 1 aliphatic rings. The van der Waals surface area contributed by atoms with Crippen LogP contribution in [-0.4, -0.2) is 24.4 Å². The van der Waals surface area contributed by atoms with Crippen LogP contribution in [0, 0.1) is 0 Å². The van der Waals surface area contributed by atoms with Crippen LogP contribution in [0.5, 0.6) is 5.75 Å². The molecule has 4 nitrogen and oxygen atoms in total. The molecule has 4 N–H and O–H groups in total. The summed E-state index contributed by atoms with van der Waals surface area (Å²) < 4.78 is 5.12. The molecule has 0 amide bonds. The molecule has 2 rings (SSSR count). The first kappa shape index (κ1) is 10.1. The van der Waals surface area contributed by atoms with Gasteiger partial charge in [0, 0.05) is 6.07 Å². The van der Waals surface area contributed by atoms with Crippen molar-refractivity contribution in [2.45, 2.75) is 18.4 Å². The zero-order valence-corrected chi connectivity index (χ0v) is 8.79. The molecule has 0 aromatic heterocycles. The number of methoxy groups -OCH3 is 1. The van der Waals surface area contributed by atoms with E-state index in [0.717, 1.165) is 24.3 Å². The van der Waals surface area contributed by atoms with E-state index in [4.69, 9.17) is 10.5 Å². The Labute approximate surface area is 89.0 Å². The molecule has 1 aromatic rings. The van der Waals surface area contributed by atoms with Crippen LogP contribution < -0.4 is 15.8 Å². The Morgan fingerprint density at radius 2 is 2.27 bits per heavy atom. The van der Waals surface area contributed by atoms with Gasteiger partial charge in [-0.3, -0.25) is 0 Å². The summed E-state index contributed by atoms with van der Waals surface area (Å²) in [4.78, 5) is 0. The van der Waals surface area contributed by atoms with Gasteiger partial charge in [0.1, 0.15) is 5.75 Å². The van der Waals surface area contributed by atoms with Crippen LogP contribution in [0.1, 0.15) is 12.8 Å². The topological polar surface area (TPSA) is 67.5 Å².